The lowest BCUT2D eigenvalue weighted by molar-refractivity contribution is -0.149. The number of hydrogen-bond acceptors (Lipinski definition) is 3. The van der Waals surface area contributed by atoms with E-state index in [0.29, 0.717) is 19.4 Å². The highest BCUT2D eigenvalue weighted by Crippen LogP contribution is 2.32. The Morgan fingerprint density at radius 1 is 0.917 bits per heavy atom. The Kier molecular flexibility index (Phi) is 3.90. The van der Waals surface area contributed by atoms with Crippen LogP contribution in [0.1, 0.15) is 29.9 Å². The molecule has 2 heterocycles. The second kappa shape index (κ2) is 6.21. The largest absolute Gasteiger partial charge is 0.278 e. The third-order valence-electron chi connectivity index (χ3n) is 4.60. The molecular formula is C20H17NO2S. The predicted molar refractivity (Wildman–Crippen MR) is 95.8 cm³/mol. The first kappa shape index (κ1) is 15.1. The van der Waals surface area contributed by atoms with E-state index < -0.39 is 0 Å². The first-order valence-corrected chi connectivity index (χ1v) is 8.93. The molecule has 0 aliphatic carbocycles. The van der Waals surface area contributed by atoms with Crippen LogP contribution in [0.25, 0.3) is 10.1 Å². The second-order valence-electron chi connectivity index (χ2n) is 6.15. The van der Waals surface area contributed by atoms with Gasteiger partial charge in [-0.1, -0.05) is 48.5 Å². The number of rotatable bonds is 3. The summed E-state index contributed by atoms with van der Waals surface area (Å²) in [5.41, 5.74) is 2.12. The molecule has 0 unspecified atom stereocenters. The SMILES string of the molecule is O=C1CC(c2ccccc2)CC(=O)N1Cc1csc2ccccc12. The molecule has 0 radical (unpaired) electrons. The number of likely N-dealkylation sites (tertiary alicyclic amines) is 1. The van der Waals surface area contributed by atoms with E-state index in [9.17, 15) is 9.59 Å². The normalized spacial score (nSPS) is 16.1. The van der Waals surface area contributed by atoms with Gasteiger partial charge in [0.25, 0.3) is 0 Å². The summed E-state index contributed by atoms with van der Waals surface area (Å²) in [7, 11) is 0. The van der Waals surface area contributed by atoms with Gasteiger partial charge in [-0.25, -0.2) is 0 Å². The Balaban J connectivity index is 1.55. The number of thiophene rings is 1. The average Bonchev–Trinajstić information content (AvgIpc) is 3.02. The predicted octanol–water partition coefficient (Wildman–Crippen LogP) is 4.33. The van der Waals surface area contributed by atoms with Crippen LogP contribution in [0, 0.1) is 0 Å². The molecule has 1 saturated heterocycles. The zero-order valence-corrected chi connectivity index (χ0v) is 14.0. The Bertz CT molecular complexity index is 882. The van der Waals surface area contributed by atoms with Crippen molar-refractivity contribution in [2.45, 2.75) is 25.3 Å². The molecular weight excluding hydrogens is 318 g/mol. The Morgan fingerprint density at radius 3 is 2.33 bits per heavy atom. The van der Waals surface area contributed by atoms with Gasteiger partial charge in [0, 0.05) is 23.5 Å². The molecule has 120 valence electrons. The van der Waals surface area contributed by atoms with E-state index in [1.807, 2.05) is 48.5 Å². The van der Waals surface area contributed by atoms with Gasteiger partial charge in [0.15, 0.2) is 0 Å². The number of amides is 2. The summed E-state index contributed by atoms with van der Waals surface area (Å²) in [4.78, 5) is 26.5. The topological polar surface area (TPSA) is 37.4 Å². The Morgan fingerprint density at radius 2 is 1.58 bits per heavy atom. The van der Waals surface area contributed by atoms with Crippen molar-refractivity contribution in [3.05, 3.63) is 71.1 Å². The fourth-order valence-corrected chi connectivity index (χ4v) is 4.27. The van der Waals surface area contributed by atoms with E-state index in [4.69, 9.17) is 0 Å². The number of nitrogens with zero attached hydrogens (tertiary/aromatic N) is 1. The fourth-order valence-electron chi connectivity index (χ4n) is 3.32. The third kappa shape index (κ3) is 2.74. The van der Waals surface area contributed by atoms with Gasteiger partial charge >= 0.3 is 0 Å². The number of carbonyl (C=O) groups excluding carboxylic acids is 2. The molecule has 2 amide bonds. The lowest BCUT2D eigenvalue weighted by Gasteiger charge is -2.30. The van der Waals surface area contributed by atoms with E-state index in [1.165, 1.54) is 9.60 Å². The van der Waals surface area contributed by atoms with Crippen molar-refractivity contribution in [3.8, 4) is 0 Å². The van der Waals surface area contributed by atoms with E-state index >= 15 is 0 Å². The minimum Gasteiger partial charge on any atom is -0.278 e. The highest BCUT2D eigenvalue weighted by Gasteiger charge is 2.33. The van der Waals surface area contributed by atoms with Crippen molar-refractivity contribution >= 4 is 33.2 Å². The lowest BCUT2D eigenvalue weighted by atomic mass is 9.88. The summed E-state index contributed by atoms with van der Waals surface area (Å²) < 4.78 is 1.19. The molecule has 0 atom stereocenters. The minimum atomic E-state index is -0.0737. The summed E-state index contributed by atoms with van der Waals surface area (Å²) in [6.07, 6.45) is 0.801. The van der Waals surface area contributed by atoms with Crippen LogP contribution in [0.3, 0.4) is 0 Å². The fraction of sp³-hybridized carbons (Fsp3) is 0.200. The van der Waals surface area contributed by atoms with Gasteiger partial charge in [0.1, 0.15) is 0 Å². The standard InChI is InChI=1S/C20H17NO2S/c22-19-10-15(14-6-2-1-3-7-14)11-20(23)21(19)12-16-13-24-18-9-5-4-8-17(16)18/h1-9,13,15H,10-12H2. The van der Waals surface area contributed by atoms with Gasteiger partial charge in [0.2, 0.25) is 11.8 Å². The Labute approximate surface area is 144 Å². The molecule has 24 heavy (non-hydrogen) atoms. The number of piperidine rings is 1. The molecule has 1 aromatic heterocycles. The number of fused-ring (bicyclic) bond motifs is 1. The van der Waals surface area contributed by atoms with Crippen LogP contribution in [-0.2, 0) is 16.1 Å². The van der Waals surface area contributed by atoms with E-state index in [1.54, 1.807) is 11.3 Å². The molecule has 0 saturated carbocycles. The van der Waals surface area contributed by atoms with Crippen molar-refractivity contribution in [1.82, 2.24) is 4.90 Å². The molecule has 2 aromatic carbocycles. The van der Waals surface area contributed by atoms with Crippen molar-refractivity contribution in [2.75, 3.05) is 0 Å². The van der Waals surface area contributed by atoms with Crippen LogP contribution in [0.4, 0.5) is 0 Å². The molecule has 0 bridgehead atoms. The van der Waals surface area contributed by atoms with Crippen LogP contribution in [0.5, 0.6) is 0 Å². The summed E-state index contributed by atoms with van der Waals surface area (Å²) in [5.74, 6) is -0.146. The summed E-state index contributed by atoms with van der Waals surface area (Å²) in [6, 6.07) is 17.9. The second-order valence-corrected chi connectivity index (χ2v) is 7.06. The van der Waals surface area contributed by atoms with Gasteiger partial charge in [-0.15, -0.1) is 11.3 Å². The molecule has 0 N–H and O–H groups in total. The average molecular weight is 335 g/mol. The smallest absolute Gasteiger partial charge is 0.230 e. The minimum absolute atomic E-state index is 0.00155. The van der Waals surface area contributed by atoms with E-state index in [-0.39, 0.29) is 17.7 Å². The van der Waals surface area contributed by atoms with Gasteiger partial charge in [-0.3, -0.25) is 14.5 Å². The molecule has 1 aliphatic rings. The lowest BCUT2D eigenvalue weighted by Crippen LogP contribution is -2.42. The molecule has 0 spiro atoms. The van der Waals surface area contributed by atoms with Gasteiger partial charge in [-0.05, 0) is 28.0 Å². The van der Waals surface area contributed by atoms with E-state index in [2.05, 4.69) is 11.4 Å². The number of hydrogen-bond donors (Lipinski definition) is 0. The van der Waals surface area contributed by atoms with Crippen molar-refractivity contribution in [3.63, 3.8) is 0 Å². The molecule has 3 nitrogen and oxygen atoms in total. The molecule has 4 heteroatoms. The van der Waals surface area contributed by atoms with Crippen LogP contribution in [0.15, 0.2) is 60.0 Å². The Hall–Kier alpha value is -2.46. The first-order valence-electron chi connectivity index (χ1n) is 8.05. The number of imide groups is 1. The molecule has 3 aromatic rings. The zero-order valence-electron chi connectivity index (χ0n) is 13.1. The highest BCUT2D eigenvalue weighted by atomic mass is 32.1. The van der Waals surface area contributed by atoms with Crippen LogP contribution >= 0.6 is 11.3 Å². The van der Waals surface area contributed by atoms with Crippen molar-refractivity contribution < 1.29 is 9.59 Å². The van der Waals surface area contributed by atoms with Crippen LogP contribution < -0.4 is 0 Å². The van der Waals surface area contributed by atoms with Gasteiger partial charge in [0.05, 0.1) is 6.54 Å². The van der Waals surface area contributed by atoms with Crippen molar-refractivity contribution in [2.24, 2.45) is 0 Å². The monoisotopic (exact) mass is 335 g/mol. The van der Waals surface area contributed by atoms with Crippen molar-refractivity contribution in [1.29, 1.82) is 0 Å². The zero-order chi connectivity index (χ0) is 16.5. The maximum atomic E-state index is 12.6. The number of benzene rings is 2. The first-order chi connectivity index (χ1) is 11.7. The maximum Gasteiger partial charge on any atom is 0.230 e. The summed E-state index contributed by atoms with van der Waals surface area (Å²) >= 11 is 1.65. The van der Waals surface area contributed by atoms with Crippen LogP contribution in [0.2, 0.25) is 0 Å². The third-order valence-corrected chi connectivity index (χ3v) is 5.62. The summed E-state index contributed by atoms with van der Waals surface area (Å²) in [5, 5.41) is 3.18. The number of carbonyl (C=O) groups is 2. The van der Waals surface area contributed by atoms with E-state index in [0.717, 1.165) is 16.5 Å². The van der Waals surface area contributed by atoms with Gasteiger partial charge < -0.3 is 0 Å². The summed E-state index contributed by atoms with van der Waals surface area (Å²) in [6.45, 7) is 0.378. The molecule has 1 fully saturated rings. The quantitative estimate of drug-likeness (QED) is 0.668. The maximum absolute atomic E-state index is 12.6. The molecule has 4 rings (SSSR count). The van der Waals surface area contributed by atoms with Gasteiger partial charge in [-0.2, -0.15) is 0 Å². The van der Waals surface area contributed by atoms with Crippen LogP contribution in [-0.4, -0.2) is 16.7 Å². The highest BCUT2D eigenvalue weighted by molar-refractivity contribution is 7.17. The molecule has 1 aliphatic heterocycles.